The van der Waals surface area contributed by atoms with Gasteiger partial charge in [-0.25, -0.2) is 0 Å². The Hall–Kier alpha value is -1.09. The number of rotatable bonds is 4. The molecule has 3 nitrogen and oxygen atoms in total. The molecule has 1 aliphatic rings. The van der Waals surface area contributed by atoms with Crippen LogP contribution in [0.15, 0.2) is 18.3 Å². The van der Waals surface area contributed by atoms with E-state index >= 15 is 0 Å². The van der Waals surface area contributed by atoms with Crippen molar-refractivity contribution in [3.8, 4) is 0 Å². The Kier molecular flexibility index (Phi) is 4.59. The molecule has 1 fully saturated rings. The number of piperazine rings is 1. The maximum absolute atomic E-state index is 4.48. The number of aryl methyl sites for hydroxylation is 1. The van der Waals surface area contributed by atoms with Crippen LogP contribution in [0.25, 0.3) is 0 Å². The third-order valence-electron chi connectivity index (χ3n) is 3.53. The second kappa shape index (κ2) is 6.19. The summed E-state index contributed by atoms with van der Waals surface area (Å²) in [4.78, 5) is 9.50. The highest BCUT2D eigenvalue weighted by Gasteiger charge is 2.17. The molecule has 1 aromatic rings. The van der Waals surface area contributed by atoms with Crippen molar-refractivity contribution in [3.05, 3.63) is 24.0 Å². The Labute approximate surface area is 111 Å². The van der Waals surface area contributed by atoms with E-state index in [0.717, 1.165) is 25.4 Å². The van der Waals surface area contributed by atoms with Gasteiger partial charge in [0.05, 0.1) is 11.9 Å². The Morgan fingerprint density at radius 1 is 1.17 bits per heavy atom. The zero-order chi connectivity index (χ0) is 13.0. The zero-order valence-electron chi connectivity index (χ0n) is 11.9. The van der Waals surface area contributed by atoms with Crippen LogP contribution in [0.3, 0.4) is 0 Å². The van der Waals surface area contributed by atoms with Gasteiger partial charge >= 0.3 is 0 Å². The van der Waals surface area contributed by atoms with Crippen LogP contribution in [0.1, 0.15) is 26.5 Å². The van der Waals surface area contributed by atoms with Gasteiger partial charge < -0.3 is 4.90 Å². The predicted molar refractivity (Wildman–Crippen MR) is 77.1 cm³/mol. The molecule has 1 saturated heterocycles. The maximum atomic E-state index is 4.48. The topological polar surface area (TPSA) is 19.4 Å². The van der Waals surface area contributed by atoms with E-state index in [0.29, 0.717) is 0 Å². The lowest BCUT2D eigenvalue weighted by atomic mass is 10.2. The van der Waals surface area contributed by atoms with Gasteiger partial charge in [-0.1, -0.05) is 20.8 Å². The Morgan fingerprint density at radius 2 is 1.89 bits per heavy atom. The molecule has 0 N–H and O–H groups in total. The lowest BCUT2D eigenvalue weighted by molar-refractivity contribution is 0.231. The highest BCUT2D eigenvalue weighted by Crippen LogP contribution is 2.16. The Morgan fingerprint density at radius 3 is 2.39 bits per heavy atom. The molecule has 0 spiro atoms. The van der Waals surface area contributed by atoms with E-state index in [9.17, 15) is 0 Å². The summed E-state index contributed by atoms with van der Waals surface area (Å²) in [5, 5.41) is 0. The number of hydrogen-bond donors (Lipinski definition) is 0. The van der Waals surface area contributed by atoms with E-state index in [-0.39, 0.29) is 0 Å². The first kappa shape index (κ1) is 13.3. The van der Waals surface area contributed by atoms with Crippen LogP contribution in [-0.2, 0) is 6.42 Å². The molecule has 0 bridgehead atoms. The largest absolute Gasteiger partial charge is 0.368 e. The van der Waals surface area contributed by atoms with Crippen LogP contribution in [-0.4, -0.2) is 42.6 Å². The quantitative estimate of drug-likeness (QED) is 0.814. The number of anilines is 1. The highest BCUT2D eigenvalue weighted by atomic mass is 15.3. The predicted octanol–water partition coefficient (Wildman–Crippen LogP) is 2.42. The fourth-order valence-corrected chi connectivity index (χ4v) is 2.52. The van der Waals surface area contributed by atoms with Gasteiger partial charge in [0, 0.05) is 38.4 Å². The van der Waals surface area contributed by atoms with Gasteiger partial charge in [0.2, 0.25) is 0 Å². The van der Waals surface area contributed by atoms with Gasteiger partial charge in [-0.2, -0.15) is 0 Å². The first-order valence-corrected chi connectivity index (χ1v) is 7.11. The average Bonchev–Trinajstić information content (AvgIpc) is 2.39. The van der Waals surface area contributed by atoms with Crippen molar-refractivity contribution < 1.29 is 0 Å². The highest BCUT2D eigenvalue weighted by molar-refractivity contribution is 5.45. The first-order valence-electron chi connectivity index (χ1n) is 7.11. The van der Waals surface area contributed by atoms with E-state index in [4.69, 9.17) is 0 Å². The van der Waals surface area contributed by atoms with Crippen LogP contribution < -0.4 is 4.90 Å². The second-order valence-corrected chi connectivity index (χ2v) is 5.54. The molecule has 0 aliphatic carbocycles. The summed E-state index contributed by atoms with van der Waals surface area (Å²) < 4.78 is 0. The molecule has 0 atom stereocenters. The molecular weight excluding hydrogens is 222 g/mol. The van der Waals surface area contributed by atoms with Gasteiger partial charge in [-0.05, 0) is 24.5 Å². The van der Waals surface area contributed by atoms with Crippen LogP contribution in [0, 0.1) is 5.92 Å². The normalized spacial score (nSPS) is 17.4. The van der Waals surface area contributed by atoms with E-state index in [1.807, 2.05) is 6.20 Å². The number of nitrogens with zero attached hydrogens (tertiary/aromatic N) is 3. The van der Waals surface area contributed by atoms with Crippen molar-refractivity contribution in [2.75, 3.05) is 37.6 Å². The summed E-state index contributed by atoms with van der Waals surface area (Å²) in [6, 6.07) is 4.36. The minimum atomic E-state index is 0.766. The smallest absolute Gasteiger partial charge is 0.0553 e. The van der Waals surface area contributed by atoms with Crippen LogP contribution in [0.4, 0.5) is 5.69 Å². The van der Waals surface area contributed by atoms with Crippen molar-refractivity contribution in [2.45, 2.75) is 27.2 Å². The van der Waals surface area contributed by atoms with Crippen molar-refractivity contribution in [1.29, 1.82) is 0 Å². The van der Waals surface area contributed by atoms with Gasteiger partial charge in [0.25, 0.3) is 0 Å². The average molecular weight is 247 g/mol. The van der Waals surface area contributed by atoms with Crippen LogP contribution in [0.5, 0.6) is 0 Å². The van der Waals surface area contributed by atoms with E-state index in [1.54, 1.807) is 0 Å². The monoisotopic (exact) mass is 247 g/mol. The summed E-state index contributed by atoms with van der Waals surface area (Å²) in [5.74, 6) is 0.766. The molecule has 0 amide bonds. The third kappa shape index (κ3) is 3.45. The molecule has 0 aromatic carbocycles. The SMILES string of the molecule is CCc1ccc(N2CCN(CC(C)C)CC2)cn1. The summed E-state index contributed by atoms with van der Waals surface area (Å²) in [6.07, 6.45) is 3.04. The number of pyridine rings is 1. The summed E-state index contributed by atoms with van der Waals surface area (Å²) in [7, 11) is 0. The lowest BCUT2D eigenvalue weighted by Gasteiger charge is -2.36. The van der Waals surface area contributed by atoms with Crippen molar-refractivity contribution in [2.24, 2.45) is 5.92 Å². The molecule has 1 aliphatic heterocycles. The number of aromatic nitrogens is 1. The molecular formula is C15H25N3. The molecule has 2 heterocycles. The molecule has 1 aromatic heterocycles. The standard InChI is InChI=1S/C15H25N3/c1-4-14-5-6-15(11-16-14)18-9-7-17(8-10-18)12-13(2)3/h5-6,11,13H,4,7-10,12H2,1-3H3. The van der Waals surface area contributed by atoms with E-state index in [1.165, 1.54) is 31.0 Å². The summed E-state index contributed by atoms with van der Waals surface area (Å²) in [5.41, 5.74) is 2.45. The fourth-order valence-electron chi connectivity index (χ4n) is 2.52. The number of hydrogen-bond acceptors (Lipinski definition) is 3. The Balaban J connectivity index is 1.88. The molecule has 0 saturated carbocycles. The molecule has 18 heavy (non-hydrogen) atoms. The zero-order valence-corrected chi connectivity index (χ0v) is 11.9. The Bertz CT molecular complexity index is 351. The fraction of sp³-hybridized carbons (Fsp3) is 0.667. The van der Waals surface area contributed by atoms with Crippen molar-refractivity contribution >= 4 is 5.69 Å². The summed E-state index contributed by atoms with van der Waals surface area (Å²) in [6.45, 7) is 12.5. The van der Waals surface area contributed by atoms with Crippen molar-refractivity contribution in [1.82, 2.24) is 9.88 Å². The van der Waals surface area contributed by atoms with Gasteiger partial charge in [0.1, 0.15) is 0 Å². The van der Waals surface area contributed by atoms with Crippen LogP contribution in [0.2, 0.25) is 0 Å². The lowest BCUT2D eigenvalue weighted by Crippen LogP contribution is -2.47. The first-order chi connectivity index (χ1) is 8.69. The molecule has 2 rings (SSSR count). The molecule has 0 unspecified atom stereocenters. The summed E-state index contributed by atoms with van der Waals surface area (Å²) >= 11 is 0. The van der Waals surface area contributed by atoms with E-state index < -0.39 is 0 Å². The van der Waals surface area contributed by atoms with Gasteiger partial charge in [0.15, 0.2) is 0 Å². The molecule has 3 heteroatoms. The van der Waals surface area contributed by atoms with Crippen LogP contribution >= 0.6 is 0 Å². The van der Waals surface area contributed by atoms with Gasteiger partial charge in [-0.15, -0.1) is 0 Å². The van der Waals surface area contributed by atoms with Crippen molar-refractivity contribution in [3.63, 3.8) is 0 Å². The van der Waals surface area contributed by atoms with Gasteiger partial charge in [-0.3, -0.25) is 9.88 Å². The minimum Gasteiger partial charge on any atom is -0.368 e. The second-order valence-electron chi connectivity index (χ2n) is 5.54. The minimum absolute atomic E-state index is 0.766. The van der Waals surface area contributed by atoms with E-state index in [2.05, 4.69) is 47.7 Å². The third-order valence-corrected chi connectivity index (χ3v) is 3.53. The molecule has 100 valence electrons. The maximum Gasteiger partial charge on any atom is 0.0553 e. The molecule has 0 radical (unpaired) electrons.